The van der Waals surface area contributed by atoms with E-state index in [0.29, 0.717) is 23.3 Å². The average Bonchev–Trinajstić information content (AvgIpc) is 2.83. The highest BCUT2D eigenvalue weighted by Gasteiger charge is 2.16. The summed E-state index contributed by atoms with van der Waals surface area (Å²) >= 11 is 0.909. The summed E-state index contributed by atoms with van der Waals surface area (Å²) in [6.45, 7) is 9.69. The number of carbonyl (C=O) groups is 1. The minimum Gasteiger partial charge on any atom is -0.768 e. The molecule has 0 radical (unpaired) electrons. The molecule has 9 heteroatoms. The molecule has 0 aromatic heterocycles. The Morgan fingerprint density at radius 1 is 1.05 bits per heavy atom. The van der Waals surface area contributed by atoms with Crippen molar-refractivity contribution in [1.29, 1.82) is 0 Å². The van der Waals surface area contributed by atoms with Crippen LogP contribution in [0.4, 0.5) is 10.5 Å². The Bertz CT molecular complexity index is 1170. The Morgan fingerprint density at radius 3 is 2.35 bits per heavy atom. The molecule has 0 aliphatic rings. The van der Waals surface area contributed by atoms with Crippen LogP contribution >= 0.6 is 15.9 Å². The quantitative estimate of drug-likeness (QED) is 0.313. The number of anilines is 1. The van der Waals surface area contributed by atoms with E-state index < -0.39 is 16.7 Å². The first kappa shape index (κ1) is 30.3. The van der Waals surface area contributed by atoms with Crippen molar-refractivity contribution in [3.05, 3.63) is 88.4 Å². The minimum atomic E-state index is -2.26. The van der Waals surface area contributed by atoms with Crippen LogP contribution in [-0.4, -0.2) is 40.7 Å². The summed E-state index contributed by atoms with van der Waals surface area (Å²) in [6.07, 6.45) is -0.378. The molecule has 37 heavy (non-hydrogen) atoms. The number of rotatable bonds is 8. The maximum absolute atomic E-state index is 11.8. The predicted molar refractivity (Wildman–Crippen MR) is 151 cm³/mol. The minimum absolute atomic E-state index is 0.159. The largest absolute Gasteiger partial charge is 0.768 e. The molecular weight excluding hydrogens is 556 g/mol. The predicted octanol–water partition coefficient (Wildman–Crippen LogP) is 6.22. The number of nitrogens with zero attached hydrogens (tertiary/aromatic N) is 1. The second kappa shape index (κ2) is 14.8. The van der Waals surface area contributed by atoms with Gasteiger partial charge in [-0.25, -0.2) is 4.79 Å². The fourth-order valence-electron chi connectivity index (χ4n) is 3.32. The standard InChI is InChI=1S/C21H28N2O2.C7H7BrO3S/c1-17-9-8-12-19(15-17)23(16-18-10-6-5-7-11-18)14-13-22-20(24)25-21(2,3)4;1-11-6-3-2-5(8)4-7(6)12(9)10/h5-12,15H,13-14,16H2,1-4H3,(H,22,24);2-4H,1H3,(H,9,10)/p-1. The molecule has 1 amide bonds. The van der Waals surface area contributed by atoms with E-state index in [9.17, 15) is 13.6 Å². The van der Waals surface area contributed by atoms with E-state index in [4.69, 9.17) is 9.47 Å². The molecule has 0 fully saturated rings. The summed E-state index contributed by atoms with van der Waals surface area (Å²) in [5, 5.41) is 2.84. The number of carbonyl (C=O) groups excluding carboxylic acids is 1. The summed E-state index contributed by atoms with van der Waals surface area (Å²) < 4.78 is 32.1. The lowest BCUT2D eigenvalue weighted by molar-refractivity contribution is 0.0529. The van der Waals surface area contributed by atoms with Crippen LogP contribution in [0.2, 0.25) is 0 Å². The Balaban J connectivity index is 0.000000335. The highest BCUT2D eigenvalue weighted by molar-refractivity contribution is 9.10. The van der Waals surface area contributed by atoms with Crippen LogP contribution in [0.15, 0.2) is 82.2 Å². The summed E-state index contributed by atoms with van der Waals surface area (Å²) in [5.41, 5.74) is 3.12. The van der Waals surface area contributed by atoms with E-state index in [2.05, 4.69) is 69.5 Å². The molecular formula is C28H34BrN2O5S-. The molecule has 1 N–H and O–H groups in total. The number of amides is 1. The first-order valence-electron chi connectivity index (χ1n) is 11.7. The third kappa shape index (κ3) is 11.4. The van der Waals surface area contributed by atoms with Gasteiger partial charge >= 0.3 is 6.09 Å². The first-order valence-corrected chi connectivity index (χ1v) is 13.6. The van der Waals surface area contributed by atoms with Crippen molar-refractivity contribution in [3.8, 4) is 5.75 Å². The van der Waals surface area contributed by atoms with E-state index in [1.54, 1.807) is 12.1 Å². The number of benzene rings is 3. The Labute approximate surface area is 230 Å². The summed E-state index contributed by atoms with van der Waals surface area (Å²) in [5.74, 6) is 0.353. The van der Waals surface area contributed by atoms with Crippen molar-refractivity contribution in [2.75, 3.05) is 25.1 Å². The van der Waals surface area contributed by atoms with Crippen LogP contribution in [-0.2, 0) is 22.4 Å². The molecule has 0 saturated carbocycles. The third-order valence-electron chi connectivity index (χ3n) is 4.94. The number of nitrogens with one attached hydrogen (secondary N) is 1. The van der Waals surface area contributed by atoms with Crippen molar-refractivity contribution < 1.29 is 23.0 Å². The molecule has 3 aromatic rings. The zero-order chi connectivity index (χ0) is 27.4. The fourth-order valence-corrected chi connectivity index (χ4v) is 4.37. The average molecular weight is 591 g/mol. The zero-order valence-electron chi connectivity index (χ0n) is 21.8. The summed E-state index contributed by atoms with van der Waals surface area (Å²) in [4.78, 5) is 14.3. The van der Waals surface area contributed by atoms with Crippen LogP contribution in [0.1, 0.15) is 31.9 Å². The molecule has 0 heterocycles. The van der Waals surface area contributed by atoms with E-state index in [1.807, 2.05) is 39.0 Å². The summed E-state index contributed by atoms with van der Waals surface area (Å²) in [7, 11) is 1.43. The SMILES string of the molecule is COc1ccc(Br)cc1S(=O)[O-].Cc1cccc(N(CCNC(=O)OC(C)(C)C)Cc2ccccc2)c1. The van der Waals surface area contributed by atoms with Gasteiger partial charge in [0.2, 0.25) is 0 Å². The van der Waals surface area contributed by atoms with Gasteiger partial charge in [-0.15, -0.1) is 0 Å². The molecule has 200 valence electrons. The van der Waals surface area contributed by atoms with Gasteiger partial charge in [-0.05, 0) is 80.2 Å². The second-order valence-corrected chi connectivity index (χ2v) is 11.0. The highest BCUT2D eigenvalue weighted by Crippen LogP contribution is 2.25. The Hall–Kier alpha value is -2.88. The van der Waals surface area contributed by atoms with Crippen molar-refractivity contribution >= 4 is 38.8 Å². The molecule has 0 aliphatic heterocycles. The summed E-state index contributed by atoms with van der Waals surface area (Å²) in [6, 6.07) is 23.5. The Kier molecular flexibility index (Phi) is 12.1. The van der Waals surface area contributed by atoms with Crippen molar-refractivity contribution in [2.45, 2.75) is 44.7 Å². The molecule has 0 bridgehead atoms. The number of halogens is 1. The number of alkyl carbamates (subject to hydrolysis) is 1. The third-order valence-corrected chi connectivity index (χ3v) is 6.11. The molecule has 3 aromatic carbocycles. The number of methoxy groups -OCH3 is 1. The van der Waals surface area contributed by atoms with Crippen molar-refractivity contribution in [1.82, 2.24) is 5.32 Å². The lowest BCUT2D eigenvalue weighted by Crippen LogP contribution is -2.38. The van der Waals surface area contributed by atoms with Crippen LogP contribution in [0.3, 0.4) is 0 Å². The van der Waals surface area contributed by atoms with E-state index >= 15 is 0 Å². The molecule has 3 rings (SSSR count). The van der Waals surface area contributed by atoms with Gasteiger partial charge < -0.3 is 24.2 Å². The zero-order valence-corrected chi connectivity index (χ0v) is 24.2. The first-order chi connectivity index (χ1) is 17.5. The molecule has 1 unspecified atom stereocenters. The van der Waals surface area contributed by atoms with Gasteiger partial charge in [0.15, 0.2) is 0 Å². The molecule has 7 nitrogen and oxygen atoms in total. The van der Waals surface area contributed by atoms with Gasteiger partial charge in [0, 0.05) is 29.8 Å². The normalized spacial score (nSPS) is 11.5. The molecule has 0 saturated heterocycles. The Morgan fingerprint density at radius 2 is 1.76 bits per heavy atom. The van der Waals surface area contributed by atoms with E-state index in [-0.39, 0.29) is 11.0 Å². The fraction of sp³-hybridized carbons (Fsp3) is 0.321. The van der Waals surface area contributed by atoms with Gasteiger partial charge in [-0.1, -0.05) is 58.4 Å². The maximum atomic E-state index is 11.8. The second-order valence-electron chi connectivity index (χ2n) is 9.20. The lowest BCUT2D eigenvalue weighted by Gasteiger charge is -2.26. The van der Waals surface area contributed by atoms with Crippen molar-refractivity contribution in [3.63, 3.8) is 0 Å². The van der Waals surface area contributed by atoms with Gasteiger partial charge in [-0.2, -0.15) is 0 Å². The van der Waals surface area contributed by atoms with Crippen molar-refractivity contribution in [2.24, 2.45) is 0 Å². The van der Waals surface area contributed by atoms with Gasteiger partial charge in [0.25, 0.3) is 0 Å². The van der Waals surface area contributed by atoms with Gasteiger partial charge in [0.05, 0.1) is 12.0 Å². The highest BCUT2D eigenvalue weighted by atomic mass is 79.9. The number of ether oxygens (including phenoxy) is 2. The number of hydrogen-bond donors (Lipinski definition) is 1. The van der Waals surface area contributed by atoms with E-state index in [1.165, 1.54) is 24.3 Å². The van der Waals surface area contributed by atoms with E-state index in [0.717, 1.165) is 12.2 Å². The topological polar surface area (TPSA) is 90.9 Å². The number of hydrogen-bond acceptors (Lipinski definition) is 6. The van der Waals surface area contributed by atoms with Gasteiger partial charge in [0.1, 0.15) is 11.4 Å². The smallest absolute Gasteiger partial charge is 0.407 e. The van der Waals surface area contributed by atoms with Gasteiger partial charge in [-0.3, -0.25) is 4.21 Å². The van der Waals surface area contributed by atoms with Crippen LogP contribution < -0.4 is 15.0 Å². The molecule has 0 spiro atoms. The molecule has 0 aliphatic carbocycles. The maximum Gasteiger partial charge on any atom is 0.407 e. The van der Waals surface area contributed by atoms with Crippen LogP contribution in [0.25, 0.3) is 0 Å². The van der Waals surface area contributed by atoms with Crippen LogP contribution in [0.5, 0.6) is 5.75 Å². The molecule has 1 atom stereocenters. The lowest BCUT2D eigenvalue weighted by atomic mass is 10.1. The number of aryl methyl sites for hydroxylation is 1. The monoisotopic (exact) mass is 589 g/mol. The van der Waals surface area contributed by atoms with Crippen LogP contribution in [0, 0.1) is 6.92 Å².